The lowest BCUT2D eigenvalue weighted by molar-refractivity contribution is 0.106. The second kappa shape index (κ2) is 5.41. The minimum atomic E-state index is -1.86. The van der Waals surface area contributed by atoms with E-state index in [1.807, 2.05) is 12.1 Å². The van der Waals surface area contributed by atoms with Crippen LogP contribution < -0.4 is 0 Å². The van der Waals surface area contributed by atoms with E-state index in [0.717, 1.165) is 9.21 Å². The molecule has 0 radical (unpaired) electrons. The Hall–Kier alpha value is 0.127. The quantitative estimate of drug-likeness (QED) is 0.831. The fourth-order valence-electron chi connectivity index (χ4n) is 1.22. The fourth-order valence-corrected chi connectivity index (χ4v) is 3.65. The zero-order valence-electron chi connectivity index (χ0n) is 11.1. The standard InChI is InChI=1S/C12H21ClO2SSi/c1-12(2,3)17(4,5)15-9(8-14)10-6-7-11(13)16-10/h6-7,9,14H,8H2,1-5H3. The van der Waals surface area contributed by atoms with Crippen LogP contribution in [-0.4, -0.2) is 20.0 Å². The molecular weight excluding hydrogens is 272 g/mol. The molecule has 0 fully saturated rings. The Morgan fingerprint density at radius 1 is 1.41 bits per heavy atom. The van der Waals surface area contributed by atoms with Crippen LogP contribution in [0.3, 0.4) is 0 Å². The molecule has 0 aliphatic heterocycles. The zero-order valence-corrected chi connectivity index (χ0v) is 13.7. The van der Waals surface area contributed by atoms with Gasteiger partial charge < -0.3 is 9.53 Å². The fraction of sp³-hybridized carbons (Fsp3) is 0.667. The van der Waals surface area contributed by atoms with Gasteiger partial charge >= 0.3 is 0 Å². The van der Waals surface area contributed by atoms with Gasteiger partial charge in [0.2, 0.25) is 0 Å². The monoisotopic (exact) mass is 292 g/mol. The lowest BCUT2D eigenvalue weighted by Gasteiger charge is -2.38. The molecule has 1 aromatic heterocycles. The van der Waals surface area contributed by atoms with E-state index in [9.17, 15) is 5.11 Å². The molecule has 1 rings (SSSR count). The van der Waals surface area contributed by atoms with Crippen molar-refractivity contribution in [2.45, 2.75) is 45.0 Å². The third-order valence-electron chi connectivity index (χ3n) is 3.32. The first kappa shape index (κ1) is 15.2. The van der Waals surface area contributed by atoms with Crippen molar-refractivity contribution in [2.24, 2.45) is 0 Å². The summed E-state index contributed by atoms with van der Waals surface area (Å²) in [6.45, 7) is 10.9. The zero-order chi connectivity index (χ0) is 13.3. The number of hydrogen-bond acceptors (Lipinski definition) is 3. The summed E-state index contributed by atoms with van der Waals surface area (Å²) < 4.78 is 6.93. The van der Waals surface area contributed by atoms with E-state index < -0.39 is 8.32 Å². The van der Waals surface area contributed by atoms with Gasteiger partial charge in [-0.05, 0) is 30.3 Å². The molecule has 1 unspecified atom stereocenters. The van der Waals surface area contributed by atoms with Gasteiger partial charge in [-0.25, -0.2) is 0 Å². The first-order chi connectivity index (χ1) is 7.67. The summed E-state index contributed by atoms with van der Waals surface area (Å²) in [6.07, 6.45) is -0.242. The molecule has 0 saturated carbocycles. The molecule has 0 saturated heterocycles. The van der Waals surface area contributed by atoms with Crippen LogP contribution in [0.2, 0.25) is 22.5 Å². The highest BCUT2D eigenvalue weighted by atomic mass is 35.5. The van der Waals surface area contributed by atoms with Gasteiger partial charge in [0.25, 0.3) is 0 Å². The van der Waals surface area contributed by atoms with Crippen LogP contribution in [0, 0.1) is 0 Å². The second-order valence-corrected chi connectivity index (χ2v) is 12.2. The highest BCUT2D eigenvalue weighted by Crippen LogP contribution is 2.40. The lowest BCUT2D eigenvalue weighted by Crippen LogP contribution is -2.42. The topological polar surface area (TPSA) is 29.5 Å². The molecule has 0 aliphatic carbocycles. The maximum atomic E-state index is 9.48. The Bertz CT molecular complexity index is 371. The summed E-state index contributed by atoms with van der Waals surface area (Å²) in [7, 11) is -1.86. The molecule has 0 aliphatic rings. The Kier molecular flexibility index (Phi) is 4.83. The molecule has 1 N–H and O–H groups in total. The van der Waals surface area contributed by atoms with Crippen molar-refractivity contribution in [3.63, 3.8) is 0 Å². The average molecular weight is 293 g/mol. The van der Waals surface area contributed by atoms with E-state index in [4.69, 9.17) is 16.0 Å². The summed E-state index contributed by atoms with van der Waals surface area (Å²) >= 11 is 7.39. The first-order valence-electron chi connectivity index (χ1n) is 5.71. The van der Waals surface area contributed by atoms with E-state index in [2.05, 4.69) is 33.9 Å². The van der Waals surface area contributed by atoms with Gasteiger partial charge in [-0.3, -0.25) is 0 Å². The molecule has 1 atom stereocenters. The van der Waals surface area contributed by atoms with E-state index >= 15 is 0 Å². The number of hydrogen-bond donors (Lipinski definition) is 1. The van der Waals surface area contributed by atoms with Crippen LogP contribution in [0.4, 0.5) is 0 Å². The minimum absolute atomic E-state index is 0.00333. The Labute approximate surface area is 114 Å². The maximum Gasteiger partial charge on any atom is 0.193 e. The predicted molar refractivity (Wildman–Crippen MR) is 77.4 cm³/mol. The van der Waals surface area contributed by atoms with Crippen LogP contribution in [0.15, 0.2) is 12.1 Å². The van der Waals surface area contributed by atoms with Crippen molar-refractivity contribution in [1.82, 2.24) is 0 Å². The van der Waals surface area contributed by atoms with Gasteiger partial charge in [0.15, 0.2) is 8.32 Å². The number of aliphatic hydroxyl groups excluding tert-OH is 1. The average Bonchev–Trinajstić information content (AvgIpc) is 2.59. The molecule has 2 nitrogen and oxygen atoms in total. The largest absolute Gasteiger partial charge is 0.407 e. The van der Waals surface area contributed by atoms with Gasteiger partial charge in [-0.1, -0.05) is 32.4 Å². The molecule has 1 heterocycles. The molecule has 5 heteroatoms. The number of thiophene rings is 1. The minimum Gasteiger partial charge on any atom is -0.407 e. The number of halogens is 1. The highest BCUT2D eigenvalue weighted by Gasteiger charge is 2.39. The summed E-state index contributed by atoms with van der Waals surface area (Å²) in [5, 5.41) is 9.62. The summed E-state index contributed by atoms with van der Waals surface area (Å²) in [5.74, 6) is 0. The molecule has 1 aromatic rings. The molecule has 17 heavy (non-hydrogen) atoms. The van der Waals surface area contributed by atoms with Crippen molar-refractivity contribution in [3.8, 4) is 0 Å². The maximum absolute atomic E-state index is 9.48. The van der Waals surface area contributed by atoms with Crippen molar-refractivity contribution >= 4 is 31.3 Å². The summed E-state index contributed by atoms with van der Waals surface area (Å²) in [6, 6.07) is 3.78. The first-order valence-corrected chi connectivity index (χ1v) is 9.81. The smallest absolute Gasteiger partial charge is 0.193 e. The van der Waals surface area contributed by atoms with Crippen LogP contribution in [-0.2, 0) is 4.43 Å². The lowest BCUT2D eigenvalue weighted by atomic mass is 10.2. The van der Waals surface area contributed by atoms with Crippen molar-refractivity contribution < 1.29 is 9.53 Å². The highest BCUT2D eigenvalue weighted by molar-refractivity contribution is 7.16. The van der Waals surface area contributed by atoms with Gasteiger partial charge in [0.05, 0.1) is 10.9 Å². The van der Waals surface area contributed by atoms with Gasteiger partial charge in [0.1, 0.15) is 6.10 Å². The molecule has 98 valence electrons. The third kappa shape index (κ3) is 3.79. The molecule has 0 amide bonds. The van der Waals surface area contributed by atoms with Gasteiger partial charge in [0, 0.05) is 4.88 Å². The van der Waals surface area contributed by atoms with Crippen LogP contribution in [0.1, 0.15) is 31.8 Å². The normalized spacial score (nSPS) is 15.0. The van der Waals surface area contributed by atoms with Crippen molar-refractivity contribution in [2.75, 3.05) is 6.61 Å². The van der Waals surface area contributed by atoms with Crippen LogP contribution >= 0.6 is 22.9 Å². The van der Waals surface area contributed by atoms with Crippen LogP contribution in [0.5, 0.6) is 0 Å². The van der Waals surface area contributed by atoms with Crippen LogP contribution in [0.25, 0.3) is 0 Å². The predicted octanol–water partition coefficient (Wildman–Crippen LogP) is 4.46. The van der Waals surface area contributed by atoms with E-state index in [1.165, 1.54) is 11.3 Å². The Balaban J connectivity index is 2.84. The van der Waals surface area contributed by atoms with Crippen molar-refractivity contribution in [3.05, 3.63) is 21.3 Å². The van der Waals surface area contributed by atoms with E-state index in [-0.39, 0.29) is 17.7 Å². The third-order valence-corrected chi connectivity index (χ3v) is 9.13. The summed E-state index contributed by atoms with van der Waals surface area (Å²) in [4.78, 5) is 1.00. The van der Waals surface area contributed by atoms with Gasteiger partial charge in [-0.2, -0.15) is 0 Å². The van der Waals surface area contributed by atoms with Gasteiger partial charge in [-0.15, -0.1) is 11.3 Å². The van der Waals surface area contributed by atoms with E-state index in [1.54, 1.807) is 0 Å². The Morgan fingerprint density at radius 3 is 2.35 bits per heavy atom. The second-order valence-electron chi connectivity index (χ2n) is 5.69. The number of aliphatic hydroxyl groups is 1. The Morgan fingerprint density at radius 2 is 2.00 bits per heavy atom. The van der Waals surface area contributed by atoms with E-state index in [0.29, 0.717) is 0 Å². The summed E-state index contributed by atoms with van der Waals surface area (Å²) in [5.41, 5.74) is 0. The number of rotatable bonds is 4. The molecular formula is C12H21ClO2SSi. The molecule has 0 aromatic carbocycles. The molecule has 0 bridgehead atoms. The molecule has 0 spiro atoms. The van der Waals surface area contributed by atoms with Crippen molar-refractivity contribution in [1.29, 1.82) is 0 Å². The SMILES string of the molecule is CC(C)(C)[Si](C)(C)OC(CO)c1ccc(Cl)s1.